The summed E-state index contributed by atoms with van der Waals surface area (Å²) in [6, 6.07) is 62.8. The Labute approximate surface area is 760 Å². The molecule has 8 N–H and O–H groups in total. The van der Waals surface area contributed by atoms with Crippen LogP contribution in [-0.4, -0.2) is 185 Å². The number of methoxy groups -OCH3 is 2. The van der Waals surface area contributed by atoms with E-state index in [0.29, 0.717) is 12.2 Å². The van der Waals surface area contributed by atoms with E-state index in [4.69, 9.17) is 62.6 Å². The number of nitrogens with zero attached hydrogens (tertiary/aromatic N) is 2. The second-order valence-corrected chi connectivity index (χ2v) is 31.3. The van der Waals surface area contributed by atoms with Gasteiger partial charge in [0.1, 0.15) is 55.3 Å². The summed E-state index contributed by atoms with van der Waals surface area (Å²) in [5.41, 5.74) is 10.8. The molecule has 0 aliphatic carbocycles. The molecule has 2 aromatic heterocycles. The minimum absolute atomic E-state index is 0.00615. The third-order valence-corrected chi connectivity index (χ3v) is 20.0. The standard InChI is InChI=1S/C40H44N2O10.C33H39NO7.C26H32N2O10/c1-26(2)38(45)52-36(31(22-28-14-8-5-9-15-28)39(46)50-24-30-18-12-7-13-19-30)27(3)51-40(47)32(25-49-23-29-16-10-6-11-17-29)42-37(44)34-35(43)33(48-4)20-21-41-34;1-23(2)31(35)41-30(24(3)40-33(37)29(34)22-38-20-26-15-9-5-10-16-26)28(19-25-13-7-4-8-14-25)32(36)39-21-27-17-11-6-12-18-27;1-14(2)25(34)38-22(17(24(32)33)12-16-8-6-5-7-9-16)15(3)37-26(35)18(13-29)28-23(31)20-21(30)19(36-4)10-11-27-20/h5-21,26-27,31-32,36,43H,22-25H2,1-4H3,(H,42,44);4-18,23-24,28-30H,19-22,34H2,1-3H3;5-11,14-15,17-18,22,29-30H,12-13H2,1-4H3,(H,28,31)(H,32,33)/t27-,31+,32-,36-;24-,28+,29-,30-;15-,17+,18-,22-/m000/s1. The number of amides is 2. The Morgan fingerprint density at radius 3 is 0.939 bits per heavy atom. The highest BCUT2D eigenvalue weighted by Gasteiger charge is 2.44. The Hall–Kier alpha value is -14.0. The van der Waals surface area contributed by atoms with E-state index in [-0.39, 0.29) is 69.5 Å². The van der Waals surface area contributed by atoms with Crippen molar-refractivity contribution < 1.29 is 130 Å². The number of hydrogen-bond acceptors (Lipinski definition) is 29. The molecule has 32 nitrogen and oxygen atoms in total. The average Bonchev–Trinajstić information content (AvgIpc) is 0.806. The third-order valence-electron chi connectivity index (χ3n) is 20.0. The van der Waals surface area contributed by atoms with Gasteiger partial charge in [0.05, 0.1) is 65.0 Å². The lowest BCUT2D eigenvalue weighted by atomic mass is 9.90. The van der Waals surface area contributed by atoms with E-state index in [1.807, 2.05) is 182 Å². The second-order valence-electron chi connectivity index (χ2n) is 31.3. The highest BCUT2D eigenvalue weighted by atomic mass is 16.6. The Balaban J connectivity index is 0.000000273. The molecule has 12 atom stereocenters. The Kier molecular flexibility index (Phi) is 43.2. The molecule has 0 bridgehead atoms. The molecule has 0 spiro atoms. The molecule has 9 rings (SSSR count). The third kappa shape index (κ3) is 34.2. The van der Waals surface area contributed by atoms with Gasteiger partial charge in [0.2, 0.25) is 0 Å². The first-order valence-electron chi connectivity index (χ1n) is 42.4. The fourth-order valence-electron chi connectivity index (χ4n) is 12.8. The SMILES string of the molecule is CC(C)C(=O)O[C@@H]([C@H](C)OC(=O)[C@@H](N)COCc1ccccc1)[C@@H](Cc1ccccc1)C(=O)OCc1ccccc1.COc1ccnc(C(=O)N[C@@H](CO)C(=O)O[C@@H](C)[C@H](OC(=O)C(C)C)[C@@H](Cc2ccccc2)C(=O)O)c1O.COc1ccnc(C(=O)N[C@@H](COCc2ccccc2)C(=O)O[C@@H](C)[C@H](OC(=O)C(C)C)[C@@H](Cc2ccccc2)C(=O)OCc2ccccc2)c1O. The number of carbonyl (C=O) groups is 11. The van der Waals surface area contributed by atoms with Crippen LogP contribution in [0.1, 0.15) is 122 Å². The number of ether oxygens (including phenoxy) is 12. The number of aliphatic carboxylic acids is 1. The number of aliphatic hydroxyl groups excluding tert-OH is 1. The monoisotopic (exact) mass is 1810 g/mol. The van der Waals surface area contributed by atoms with Gasteiger partial charge in [0.25, 0.3) is 11.8 Å². The van der Waals surface area contributed by atoms with Gasteiger partial charge < -0.3 is 93.6 Å². The molecule has 0 aliphatic rings. The molecule has 32 heteroatoms. The van der Waals surface area contributed by atoms with Crippen molar-refractivity contribution in [1.82, 2.24) is 20.6 Å². The first-order chi connectivity index (χ1) is 62.8. The number of rotatable bonds is 46. The van der Waals surface area contributed by atoms with Crippen molar-refractivity contribution >= 4 is 65.5 Å². The van der Waals surface area contributed by atoms with Crippen molar-refractivity contribution in [3.63, 3.8) is 0 Å². The maximum Gasteiger partial charge on any atom is 0.331 e. The molecule has 698 valence electrons. The quantitative estimate of drug-likeness (QED) is 0.0138. The first kappa shape index (κ1) is 104. The van der Waals surface area contributed by atoms with Crippen molar-refractivity contribution in [1.29, 1.82) is 0 Å². The number of nitrogens with two attached hydrogens (primary N) is 1. The molecule has 9 aromatic rings. The van der Waals surface area contributed by atoms with Gasteiger partial charge in [-0.05, 0) is 79.0 Å². The number of pyridine rings is 2. The van der Waals surface area contributed by atoms with E-state index < -0.39 is 180 Å². The van der Waals surface area contributed by atoms with Crippen LogP contribution in [0.3, 0.4) is 0 Å². The molecule has 0 aliphatic heterocycles. The van der Waals surface area contributed by atoms with Crippen LogP contribution in [0.2, 0.25) is 0 Å². The number of benzene rings is 7. The molecule has 2 heterocycles. The zero-order chi connectivity index (χ0) is 95.5. The summed E-state index contributed by atoms with van der Waals surface area (Å²) in [4.78, 5) is 151. The van der Waals surface area contributed by atoms with E-state index in [1.54, 1.807) is 78.8 Å². The zero-order valence-corrected chi connectivity index (χ0v) is 74.9. The van der Waals surface area contributed by atoms with Crippen LogP contribution in [0.5, 0.6) is 23.0 Å². The maximum absolute atomic E-state index is 13.9. The topological polar surface area (TPSA) is 455 Å². The largest absolute Gasteiger partial charge is 0.503 e. The summed E-state index contributed by atoms with van der Waals surface area (Å²) in [6.45, 7) is 13.4. The number of esters is 8. The van der Waals surface area contributed by atoms with Crippen LogP contribution in [0.25, 0.3) is 0 Å². The van der Waals surface area contributed by atoms with Gasteiger partial charge in [-0.2, -0.15) is 0 Å². The molecular weight excluding hydrogens is 1690 g/mol. The first-order valence-corrected chi connectivity index (χ1v) is 42.4. The molecule has 2 amide bonds. The smallest absolute Gasteiger partial charge is 0.331 e. The molecule has 0 radical (unpaired) electrons. The molecular formula is C99H115N5O27. The Morgan fingerprint density at radius 2 is 0.626 bits per heavy atom. The van der Waals surface area contributed by atoms with E-state index in [0.717, 1.165) is 33.4 Å². The number of nitrogens with one attached hydrogen (secondary N) is 2. The number of aromatic nitrogens is 2. The molecule has 7 aromatic carbocycles. The zero-order valence-electron chi connectivity index (χ0n) is 74.9. The van der Waals surface area contributed by atoms with Crippen LogP contribution in [0.4, 0.5) is 0 Å². The molecule has 0 fully saturated rings. The lowest BCUT2D eigenvalue weighted by Crippen LogP contribution is -2.49. The van der Waals surface area contributed by atoms with Gasteiger partial charge in [-0.3, -0.25) is 43.2 Å². The summed E-state index contributed by atoms with van der Waals surface area (Å²) in [6.07, 6.45) is -4.49. The van der Waals surface area contributed by atoms with Gasteiger partial charge in [-0.25, -0.2) is 19.6 Å². The van der Waals surface area contributed by atoms with Gasteiger partial charge >= 0.3 is 53.7 Å². The average molecular weight is 1810 g/mol. The minimum atomic E-state index is -1.60. The molecule has 0 saturated carbocycles. The van der Waals surface area contributed by atoms with E-state index in [2.05, 4.69) is 20.6 Å². The molecule has 0 unspecified atom stereocenters. The van der Waals surface area contributed by atoms with Crippen LogP contribution >= 0.6 is 0 Å². The Morgan fingerprint density at radius 1 is 0.344 bits per heavy atom. The number of hydrogen-bond donors (Lipinski definition) is 7. The fraction of sp³-hybridized carbons (Fsp3) is 0.364. The summed E-state index contributed by atoms with van der Waals surface area (Å²) >= 11 is 0. The van der Waals surface area contributed by atoms with Crippen molar-refractivity contribution in [3.05, 3.63) is 287 Å². The number of carbonyl (C=O) groups excluding carboxylic acids is 10. The van der Waals surface area contributed by atoms with Gasteiger partial charge in [-0.15, -0.1) is 0 Å². The van der Waals surface area contributed by atoms with E-state index >= 15 is 0 Å². The van der Waals surface area contributed by atoms with Crippen molar-refractivity contribution in [2.45, 2.75) is 163 Å². The van der Waals surface area contributed by atoms with Crippen LogP contribution in [0, 0.1) is 35.5 Å². The maximum atomic E-state index is 13.9. The highest BCUT2D eigenvalue weighted by Crippen LogP contribution is 2.32. The van der Waals surface area contributed by atoms with Crippen LogP contribution in [0.15, 0.2) is 237 Å². The number of aromatic hydroxyl groups is 2. The van der Waals surface area contributed by atoms with Gasteiger partial charge in [0.15, 0.2) is 64.8 Å². The van der Waals surface area contributed by atoms with Crippen molar-refractivity contribution in [3.8, 4) is 23.0 Å². The van der Waals surface area contributed by atoms with Gasteiger partial charge in [0, 0.05) is 24.5 Å². The number of carboxylic acids is 1. The van der Waals surface area contributed by atoms with E-state index in [9.17, 15) is 73.2 Å². The van der Waals surface area contributed by atoms with Crippen molar-refractivity contribution in [2.24, 2.45) is 41.2 Å². The Bertz CT molecular complexity index is 5080. The molecule has 131 heavy (non-hydrogen) atoms. The summed E-state index contributed by atoms with van der Waals surface area (Å²) in [7, 11) is 2.59. The normalized spacial score (nSPS) is 13.7. The second kappa shape index (κ2) is 54.4. The number of aliphatic hydroxyl groups is 1. The lowest BCUT2D eigenvalue weighted by Gasteiger charge is -2.31. The minimum Gasteiger partial charge on any atom is -0.503 e. The summed E-state index contributed by atoms with van der Waals surface area (Å²) in [5, 5.41) is 45.1. The summed E-state index contributed by atoms with van der Waals surface area (Å²) < 4.78 is 66.9. The fourth-order valence-corrected chi connectivity index (χ4v) is 12.8. The predicted octanol–water partition coefficient (Wildman–Crippen LogP) is 11.2. The highest BCUT2D eigenvalue weighted by molar-refractivity contribution is 5.99. The van der Waals surface area contributed by atoms with Crippen LogP contribution in [-0.2, 0) is 136 Å². The predicted molar refractivity (Wildman–Crippen MR) is 477 cm³/mol. The van der Waals surface area contributed by atoms with Crippen LogP contribution < -0.4 is 25.8 Å². The number of carboxylic acid groups (broad SMARTS) is 1. The lowest BCUT2D eigenvalue weighted by molar-refractivity contribution is -0.181. The molecule has 0 saturated heterocycles. The van der Waals surface area contributed by atoms with Crippen molar-refractivity contribution in [2.75, 3.05) is 34.0 Å². The van der Waals surface area contributed by atoms with E-state index in [1.165, 1.54) is 52.6 Å². The van der Waals surface area contributed by atoms with Gasteiger partial charge in [-0.1, -0.05) is 254 Å². The summed E-state index contributed by atoms with van der Waals surface area (Å²) in [5.74, 6) is -15.1.